The molecule has 96 valence electrons. The Balaban J connectivity index is 1.84. The van der Waals surface area contributed by atoms with E-state index in [-0.39, 0.29) is 0 Å². The Morgan fingerprint density at radius 2 is 2.29 bits per heavy atom. The zero-order valence-electron chi connectivity index (χ0n) is 10.9. The van der Waals surface area contributed by atoms with Gasteiger partial charge in [0.05, 0.1) is 0 Å². The summed E-state index contributed by atoms with van der Waals surface area (Å²) in [7, 11) is 4.08. The minimum Gasteiger partial charge on any atom is -0.381 e. The van der Waals surface area contributed by atoms with Crippen molar-refractivity contribution < 1.29 is 4.74 Å². The molecule has 1 unspecified atom stereocenters. The predicted octanol–water partition coefficient (Wildman–Crippen LogP) is 1.37. The summed E-state index contributed by atoms with van der Waals surface area (Å²) in [5.74, 6) is 0.766. The van der Waals surface area contributed by atoms with Crippen LogP contribution in [-0.2, 0) is 18.2 Å². The lowest BCUT2D eigenvalue weighted by molar-refractivity contribution is 0.0536. The molecule has 1 aromatic rings. The molecule has 0 amide bonds. The maximum Gasteiger partial charge on any atom is 0.0492 e. The molecule has 1 aliphatic heterocycles. The van der Waals surface area contributed by atoms with Crippen molar-refractivity contribution in [1.29, 1.82) is 0 Å². The van der Waals surface area contributed by atoms with Crippen molar-refractivity contribution in [2.75, 3.05) is 20.3 Å². The molecule has 0 spiro atoms. The molecular weight excluding hydrogens is 214 g/mol. The van der Waals surface area contributed by atoms with Gasteiger partial charge in [0.25, 0.3) is 0 Å². The average Bonchev–Trinajstić information content (AvgIpc) is 2.77. The minimum absolute atomic E-state index is 0.605. The summed E-state index contributed by atoms with van der Waals surface area (Å²) in [5.41, 5.74) is 1.32. The summed E-state index contributed by atoms with van der Waals surface area (Å²) in [4.78, 5) is 0. The molecule has 0 radical (unpaired) electrons. The van der Waals surface area contributed by atoms with Gasteiger partial charge in [-0.05, 0) is 44.7 Å². The van der Waals surface area contributed by atoms with E-state index in [1.54, 1.807) is 0 Å². The van der Waals surface area contributed by atoms with Gasteiger partial charge in [-0.25, -0.2) is 0 Å². The number of nitrogens with one attached hydrogen (secondary N) is 1. The second-order valence-corrected chi connectivity index (χ2v) is 4.83. The van der Waals surface area contributed by atoms with E-state index in [4.69, 9.17) is 4.74 Å². The number of hydrogen-bond donors (Lipinski definition) is 1. The van der Waals surface area contributed by atoms with E-state index in [9.17, 15) is 0 Å². The Hall–Kier alpha value is -0.870. The van der Waals surface area contributed by atoms with E-state index < -0.39 is 0 Å². The first-order valence-electron chi connectivity index (χ1n) is 6.53. The standard InChI is InChI=1S/C13H23N3O/c1-14-13(11-6-9-17-10-7-11)4-3-12-5-8-15-16(12)2/h5,8,11,13-14H,3-4,6-7,9-10H2,1-2H3. The number of nitrogens with zero attached hydrogens (tertiary/aromatic N) is 2. The van der Waals surface area contributed by atoms with E-state index in [1.807, 2.05) is 17.9 Å². The Labute approximate surface area is 103 Å². The van der Waals surface area contributed by atoms with Crippen LogP contribution in [0, 0.1) is 5.92 Å². The predicted molar refractivity (Wildman–Crippen MR) is 67.9 cm³/mol. The van der Waals surface area contributed by atoms with Gasteiger partial charge in [-0.15, -0.1) is 0 Å². The molecule has 0 bridgehead atoms. The molecule has 1 aliphatic rings. The molecule has 1 aromatic heterocycles. The van der Waals surface area contributed by atoms with Gasteiger partial charge in [-0.1, -0.05) is 0 Å². The normalized spacial score (nSPS) is 19.4. The van der Waals surface area contributed by atoms with Gasteiger partial charge in [0.2, 0.25) is 0 Å². The molecule has 0 aromatic carbocycles. The highest BCUT2D eigenvalue weighted by atomic mass is 16.5. The van der Waals surface area contributed by atoms with Gasteiger partial charge in [-0.3, -0.25) is 4.68 Å². The fourth-order valence-electron chi connectivity index (χ4n) is 2.68. The van der Waals surface area contributed by atoms with Gasteiger partial charge >= 0.3 is 0 Å². The SMILES string of the molecule is CNC(CCc1ccnn1C)C1CCOCC1. The van der Waals surface area contributed by atoms with Crippen molar-refractivity contribution in [2.45, 2.75) is 31.7 Å². The molecule has 0 aliphatic carbocycles. The quantitative estimate of drug-likeness (QED) is 0.840. The second-order valence-electron chi connectivity index (χ2n) is 4.83. The lowest BCUT2D eigenvalue weighted by Gasteiger charge is -2.30. The van der Waals surface area contributed by atoms with Crippen LogP contribution in [0.4, 0.5) is 0 Å². The maximum atomic E-state index is 5.42. The number of aromatic nitrogens is 2. The summed E-state index contributed by atoms with van der Waals surface area (Å²) in [6.45, 7) is 1.85. The van der Waals surface area contributed by atoms with Crippen LogP contribution in [0.3, 0.4) is 0 Å². The number of hydrogen-bond acceptors (Lipinski definition) is 3. The fourth-order valence-corrected chi connectivity index (χ4v) is 2.68. The Bertz CT molecular complexity index is 331. The molecule has 1 fully saturated rings. The largest absolute Gasteiger partial charge is 0.381 e. The molecule has 4 heteroatoms. The first-order chi connectivity index (χ1) is 8.31. The first kappa shape index (κ1) is 12.6. The van der Waals surface area contributed by atoms with Crippen molar-refractivity contribution in [3.8, 4) is 0 Å². The topological polar surface area (TPSA) is 39.1 Å². The smallest absolute Gasteiger partial charge is 0.0492 e. The monoisotopic (exact) mass is 237 g/mol. The van der Waals surface area contributed by atoms with Crippen LogP contribution < -0.4 is 5.32 Å². The Morgan fingerprint density at radius 1 is 1.53 bits per heavy atom. The van der Waals surface area contributed by atoms with E-state index in [1.165, 1.54) is 25.0 Å². The molecule has 17 heavy (non-hydrogen) atoms. The lowest BCUT2D eigenvalue weighted by Crippen LogP contribution is -2.37. The number of rotatable bonds is 5. The highest BCUT2D eigenvalue weighted by Gasteiger charge is 2.22. The van der Waals surface area contributed by atoms with Gasteiger partial charge in [0.15, 0.2) is 0 Å². The van der Waals surface area contributed by atoms with E-state index in [0.29, 0.717) is 6.04 Å². The third-order valence-electron chi connectivity index (χ3n) is 3.84. The Morgan fingerprint density at radius 3 is 2.88 bits per heavy atom. The van der Waals surface area contributed by atoms with Gasteiger partial charge < -0.3 is 10.1 Å². The fraction of sp³-hybridized carbons (Fsp3) is 0.769. The molecule has 2 rings (SSSR count). The van der Waals surface area contributed by atoms with Crippen molar-refractivity contribution in [2.24, 2.45) is 13.0 Å². The van der Waals surface area contributed by atoms with Crippen molar-refractivity contribution in [1.82, 2.24) is 15.1 Å². The zero-order valence-corrected chi connectivity index (χ0v) is 10.9. The van der Waals surface area contributed by atoms with E-state index >= 15 is 0 Å². The third kappa shape index (κ3) is 3.30. The van der Waals surface area contributed by atoms with Crippen molar-refractivity contribution >= 4 is 0 Å². The van der Waals surface area contributed by atoms with Crippen LogP contribution in [0.25, 0.3) is 0 Å². The average molecular weight is 237 g/mol. The maximum absolute atomic E-state index is 5.42. The third-order valence-corrected chi connectivity index (χ3v) is 3.84. The molecule has 1 atom stereocenters. The minimum atomic E-state index is 0.605. The molecule has 1 saturated heterocycles. The van der Waals surface area contributed by atoms with Crippen LogP contribution in [0.15, 0.2) is 12.3 Å². The van der Waals surface area contributed by atoms with Crippen LogP contribution in [0.5, 0.6) is 0 Å². The van der Waals surface area contributed by atoms with Crippen LogP contribution in [0.1, 0.15) is 25.0 Å². The lowest BCUT2D eigenvalue weighted by atomic mass is 9.88. The number of ether oxygens (including phenoxy) is 1. The summed E-state index contributed by atoms with van der Waals surface area (Å²) in [5, 5.41) is 7.68. The summed E-state index contributed by atoms with van der Waals surface area (Å²) < 4.78 is 7.39. The molecule has 0 saturated carbocycles. The molecule has 2 heterocycles. The van der Waals surface area contributed by atoms with Crippen molar-refractivity contribution in [3.63, 3.8) is 0 Å². The molecule has 1 N–H and O–H groups in total. The molecule has 4 nitrogen and oxygen atoms in total. The van der Waals surface area contributed by atoms with Gasteiger partial charge in [0.1, 0.15) is 0 Å². The van der Waals surface area contributed by atoms with Crippen molar-refractivity contribution in [3.05, 3.63) is 18.0 Å². The second kappa shape index (κ2) is 6.17. The van der Waals surface area contributed by atoms with E-state index in [0.717, 1.165) is 25.6 Å². The summed E-state index contributed by atoms with van der Waals surface area (Å²) >= 11 is 0. The summed E-state index contributed by atoms with van der Waals surface area (Å²) in [6, 6.07) is 2.71. The number of aryl methyl sites for hydroxylation is 2. The first-order valence-corrected chi connectivity index (χ1v) is 6.53. The summed E-state index contributed by atoms with van der Waals surface area (Å²) in [6.07, 6.45) is 6.53. The van der Waals surface area contributed by atoms with Gasteiger partial charge in [0, 0.05) is 38.2 Å². The van der Waals surface area contributed by atoms with E-state index in [2.05, 4.69) is 23.5 Å². The van der Waals surface area contributed by atoms with Gasteiger partial charge in [-0.2, -0.15) is 5.10 Å². The Kier molecular flexibility index (Phi) is 4.57. The zero-order chi connectivity index (χ0) is 12.1. The van der Waals surface area contributed by atoms with Crippen LogP contribution in [-0.4, -0.2) is 36.1 Å². The van der Waals surface area contributed by atoms with Crippen LogP contribution >= 0.6 is 0 Å². The highest BCUT2D eigenvalue weighted by molar-refractivity contribution is 5.00. The highest BCUT2D eigenvalue weighted by Crippen LogP contribution is 2.21. The van der Waals surface area contributed by atoms with Crippen LogP contribution in [0.2, 0.25) is 0 Å². The molecular formula is C13H23N3O.